The van der Waals surface area contributed by atoms with Gasteiger partial charge in [-0.3, -0.25) is 4.57 Å². The number of hydrogen-bond acceptors (Lipinski definition) is 7. The summed E-state index contributed by atoms with van der Waals surface area (Å²) in [5, 5.41) is 20.2. The zero-order chi connectivity index (χ0) is 14.3. The van der Waals surface area contributed by atoms with Gasteiger partial charge in [-0.15, -0.1) is 0 Å². The Morgan fingerprint density at radius 3 is 2.85 bits per heavy atom. The molecule has 0 spiro atoms. The highest BCUT2D eigenvalue weighted by atomic mass is 32.2. The molecule has 20 heavy (non-hydrogen) atoms. The first-order valence-electron chi connectivity index (χ1n) is 6.28. The number of aliphatic hydroxyl groups excluding tert-OH is 2. The number of fused-ring (bicyclic) bond motifs is 1. The van der Waals surface area contributed by atoms with E-state index in [1.165, 1.54) is 6.33 Å². The fraction of sp³-hybridized carbons (Fsp3) is 0.583. The summed E-state index contributed by atoms with van der Waals surface area (Å²) < 4.78 is 7.41. The molecule has 0 bridgehead atoms. The highest BCUT2D eigenvalue weighted by Gasteiger charge is 2.43. The SMILES string of the molecule is CSC[C@H]1O[C@@H](n2cnc3c(C)ncnc32)[C@@H](O)[C@@H]1O. The second-order valence-electron chi connectivity index (χ2n) is 4.78. The maximum Gasteiger partial charge on any atom is 0.165 e. The Bertz CT molecular complexity index is 620. The lowest BCUT2D eigenvalue weighted by atomic mass is 10.1. The normalized spacial score (nSPS) is 30.2. The average Bonchev–Trinajstić information content (AvgIpc) is 2.97. The van der Waals surface area contributed by atoms with Gasteiger partial charge in [0.25, 0.3) is 0 Å². The van der Waals surface area contributed by atoms with Gasteiger partial charge < -0.3 is 14.9 Å². The van der Waals surface area contributed by atoms with E-state index in [4.69, 9.17) is 4.74 Å². The number of hydrogen-bond donors (Lipinski definition) is 2. The van der Waals surface area contributed by atoms with Crippen molar-refractivity contribution in [3.05, 3.63) is 18.3 Å². The zero-order valence-corrected chi connectivity index (χ0v) is 12.0. The van der Waals surface area contributed by atoms with Gasteiger partial charge in [-0.2, -0.15) is 11.8 Å². The zero-order valence-electron chi connectivity index (χ0n) is 11.2. The van der Waals surface area contributed by atoms with Gasteiger partial charge in [0.05, 0.1) is 18.1 Å². The molecule has 3 rings (SSSR count). The van der Waals surface area contributed by atoms with E-state index in [0.29, 0.717) is 16.9 Å². The molecule has 2 aromatic heterocycles. The van der Waals surface area contributed by atoms with E-state index in [2.05, 4.69) is 15.0 Å². The van der Waals surface area contributed by atoms with Crippen molar-refractivity contribution in [2.75, 3.05) is 12.0 Å². The largest absolute Gasteiger partial charge is 0.387 e. The lowest BCUT2D eigenvalue weighted by Gasteiger charge is -2.16. The van der Waals surface area contributed by atoms with Gasteiger partial charge in [0.15, 0.2) is 11.9 Å². The minimum atomic E-state index is -1.00. The van der Waals surface area contributed by atoms with Crippen LogP contribution in [0.4, 0.5) is 0 Å². The maximum atomic E-state index is 10.2. The van der Waals surface area contributed by atoms with Crippen LogP contribution in [-0.2, 0) is 4.74 Å². The highest BCUT2D eigenvalue weighted by Crippen LogP contribution is 2.32. The molecule has 4 atom stereocenters. The Labute approximate surface area is 120 Å². The molecule has 0 amide bonds. The number of ether oxygens (including phenoxy) is 1. The summed E-state index contributed by atoms with van der Waals surface area (Å²) in [6, 6.07) is 0. The third kappa shape index (κ3) is 2.08. The van der Waals surface area contributed by atoms with Crippen LogP contribution in [0.2, 0.25) is 0 Å². The summed E-state index contributed by atoms with van der Waals surface area (Å²) in [7, 11) is 0. The molecular formula is C12H16N4O3S. The van der Waals surface area contributed by atoms with Crippen LogP contribution in [0.1, 0.15) is 11.9 Å². The van der Waals surface area contributed by atoms with E-state index in [1.54, 1.807) is 22.7 Å². The highest BCUT2D eigenvalue weighted by molar-refractivity contribution is 7.98. The number of nitrogens with zero attached hydrogens (tertiary/aromatic N) is 4. The Morgan fingerprint density at radius 2 is 2.10 bits per heavy atom. The van der Waals surface area contributed by atoms with Crippen LogP contribution < -0.4 is 0 Å². The number of aliphatic hydroxyl groups is 2. The minimum absolute atomic E-state index is 0.398. The van der Waals surface area contributed by atoms with Gasteiger partial charge in [0.2, 0.25) is 0 Å². The predicted molar refractivity (Wildman–Crippen MR) is 74.4 cm³/mol. The lowest BCUT2D eigenvalue weighted by Crippen LogP contribution is -2.32. The summed E-state index contributed by atoms with van der Waals surface area (Å²) in [4.78, 5) is 12.5. The smallest absolute Gasteiger partial charge is 0.165 e. The molecule has 1 aliphatic heterocycles. The molecule has 3 heterocycles. The molecule has 1 fully saturated rings. The van der Waals surface area contributed by atoms with E-state index in [-0.39, 0.29) is 0 Å². The number of rotatable bonds is 3. The third-order valence-corrected chi connectivity index (χ3v) is 4.15. The summed E-state index contributed by atoms with van der Waals surface area (Å²) >= 11 is 1.56. The summed E-state index contributed by atoms with van der Waals surface area (Å²) in [5.41, 5.74) is 2.03. The van der Waals surface area contributed by atoms with Gasteiger partial charge in [-0.1, -0.05) is 0 Å². The van der Waals surface area contributed by atoms with Gasteiger partial charge in [0, 0.05) is 5.75 Å². The summed E-state index contributed by atoms with van der Waals surface area (Å²) in [6.45, 7) is 1.85. The van der Waals surface area contributed by atoms with E-state index in [1.807, 2.05) is 13.2 Å². The van der Waals surface area contributed by atoms with Crippen molar-refractivity contribution in [3.8, 4) is 0 Å². The molecule has 0 unspecified atom stereocenters. The Kier molecular flexibility index (Phi) is 3.63. The predicted octanol–water partition coefficient (Wildman–Crippen LogP) is 0.117. The molecule has 0 radical (unpaired) electrons. The first kappa shape index (κ1) is 13.7. The van der Waals surface area contributed by atoms with Crippen LogP contribution in [0.5, 0.6) is 0 Å². The Morgan fingerprint density at radius 1 is 1.30 bits per heavy atom. The first-order valence-corrected chi connectivity index (χ1v) is 7.67. The molecule has 8 heteroatoms. The molecule has 0 aliphatic carbocycles. The van der Waals surface area contributed by atoms with Crippen LogP contribution in [-0.4, -0.2) is 60.1 Å². The van der Waals surface area contributed by atoms with Crippen molar-refractivity contribution >= 4 is 22.9 Å². The minimum Gasteiger partial charge on any atom is -0.387 e. The molecule has 2 aromatic rings. The van der Waals surface area contributed by atoms with Gasteiger partial charge in [-0.05, 0) is 13.2 Å². The summed E-state index contributed by atoms with van der Waals surface area (Å²) in [5.74, 6) is 0.620. The quantitative estimate of drug-likeness (QED) is 0.830. The molecule has 1 aliphatic rings. The van der Waals surface area contributed by atoms with Crippen molar-refractivity contribution in [3.63, 3.8) is 0 Å². The van der Waals surface area contributed by atoms with Crippen LogP contribution in [0.15, 0.2) is 12.7 Å². The third-order valence-electron chi connectivity index (χ3n) is 3.48. The second kappa shape index (κ2) is 5.28. The van der Waals surface area contributed by atoms with Crippen LogP contribution in [0, 0.1) is 6.92 Å². The Hall–Kier alpha value is -1.22. The maximum absolute atomic E-state index is 10.2. The number of aryl methyl sites for hydroxylation is 1. The molecule has 0 saturated carbocycles. The van der Waals surface area contributed by atoms with Gasteiger partial charge in [-0.25, -0.2) is 15.0 Å². The van der Waals surface area contributed by atoms with Crippen molar-refractivity contribution in [2.24, 2.45) is 0 Å². The number of imidazole rings is 1. The first-order chi connectivity index (χ1) is 9.63. The number of thioether (sulfide) groups is 1. The van der Waals surface area contributed by atoms with Crippen LogP contribution in [0.3, 0.4) is 0 Å². The number of aromatic nitrogens is 4. The molecule has 108 valence electrons. The van der Waals surface area contributed by atoms with E-state index >= 15 is 0 Å². The molecule has 7 nitrogen and oxygen atoms in total. The molecular weight excluding hydrogens is 280 g/mol. The molecule has 2 N–H and O–H groups in total. The summed E-state index contributed by atoms with van der Waals surface area (Å²) in [6.07, 6.45) is 1.96. The topological polar surface area (TPSA) is 93.3 Å². The van der Waals surface area contributed by atoms with Crippen molar-refractivity contribution in [2.45, 2.75) is 31.5 Å². The fourth-order valence-corrected chi connectivity index (χ4v) is 3.02. The van der Waals surface area contributed by atoms with Crippen LogP contribution >= 0.6 is 11.8 Å². The van der Waals surface area contributed by atoms with Crippen molar-refractivity contribution < 1.29 is 14.9 Å². The standard InChI is InChI=1S/C12H16N4O3S/c1-6-8-11(14-4-13-6)16(5-15-8)12-10(18)9(17)7(19-12)3-20-2/h4-5,7,9-10,12,17-18H,3H2,1-2H3/t7-,9-,10+,12-/m1/s1. The van der Waals surface area contributed by atoms with E-state index in [0.717, 1.165) is 5.69 Å². The van der Waals surface area contributed by atoms with Crippen molar-refractivity contribution in [1.82, 2.24) is 19.5 Å². The second-order valence-corrected chi connectivity index (χ2v) is 5.70. The van der Waals surface area contributed by atoms with E-state index < -0.39 is 24.5 Å². The Balaban J connectivity index is 1.97. The van der Waals surface area contributed by atoms with E-state index in [9.17, 15) is 10.2 Å². The monoisotopic (exact) mass is 296 g/mol. The van der Waals surface area contributed by atoms with Gasteiger partial charge in [0.1, 0.15) is 24.1 Å². The lowest BCUT2D eigenvalue weighted by molar-refractivity contribution is -0.0288. The fourth-order valence-electron chi connectivity index (χ4n) is 2.42. The van der Waals surface area contributed by atoms with Crippen LogP contribution in [0.25, 0.3) is 11.2 Å². The molecule has 1 saturated heterocycles. The van der Waals surface area contributed by atoms with Crippen molar-refractivity contribution in [1.29, 1.82) is 0 Å². The van der Waals surface area contributed by atoms with Gasteiger partial charge >= 0.3 is 0 Å². The average molecular weight is 296 g/mol. The molecule has 0 aromatic carbocycles.